The number of aromatic nitrogens is 3. The van der Waals surface area contributed by atoms with Gasteiger partial charge in [-0.15, -0.1) is 0 Å². The van der Waals surface area contributed by atoms with Crippen molar-refractivity contribution in [2.45, 2.75) is 0 Å². The van der Waals surface area contributed by atoms with E-state index in [1.54, 1.807) is 23.9 Å². The summed E-state index contributed by atoms with van der Waals surface area (Å²) < 4.78 is 3.11. The van der Waals surface area contributed by atoms with Crippen molar-refractivity contribution in [3.63, 3.8) is 0 Å². The molecule has 2 aromatic rings. The van der Waals surface area contributed by atoms with E-state index in [9.17, 15) is 4.79 Å². The average Bonchev–Trinajstić information content (AvgIpc) is 2.45. The molecule has 68 valence electrons. The van der Waals surface area contributed by atoms with E-state index in [4.69, 9.17) is 5.73 Å². The summed E-state index contributed by atoms with van der Waals surface area (Å²) in [4.78, 5) is 15.7. The van der Waals surface area contributed by atoms with Crippen LogP contribution in [0.5, 0.6) is 0 Å². The number of nitrogens with two attached hydrogens (primary N) is 1. The molecule has 0 bridgehead atoms. The zero-order valence-electron chi connectivity index (χ0n) is 7.48. The fourth-order valence-corrected chi connectivity index (χ4v) is 1.30. The maximum Gasteiger partial charge on any atom is 0.264 e. The van der Waals surface area contributed by atoms with E-state index in [0.717, 1.165) is 0 Å². The van der Waals surface area contributed by atoms with Crippen LogP contribution in [0.3, 0.4) is 0 Å². The summed E-state index contributed by atoms with van der Waals surface area (Å²) in [5.74, 6) is 0.235. The molecule has 5 nitrogen and oxygen atoms in total. The fourth-order valence-electron chi connectivity index (χ4n) is 1.30. The predicted molar refractivity (Wildman–Crippen MR) is 50.4 cm³/mol. The van der Waals surface area contributed by atoms with Crippen LogP contribution in [0.25, 0.3) is 11.0 Å². The van der Waals surface area contributed by atoms with E-state index >= 15 is 0 Å². The smallest absolute Gasteiger partial charge is 0.264 e. The second kappa shape index (κ2) is 2.35. The first-order valence-corrected chi connectivity index (χ1v) is 3.89. The van der Waals surface area contributed by atoms with Crippen molar-refractivity contribution in [3.8, 4) is 0 Å². The van der Waals surface area contributed by atoms with E-state index < -0.39 is 0 Å². The summed E-state index contributed by atoms with van der Waals surface area (Å²) in [7, 11) is 3.44. The van der Waals surface area contributed by atoms with Gasteiger partial charge in [-0.05, 0) is 6.07 Å². The lowest BCUT2D eigenvalue weighted by molar-refractivity contribution is 0.849. The van der Waals surface area contributed by atoms with Crippen molar-refractivity contribution in [2.75, 3.05) is 5.73 Å². The first-order chi connectivity index (χ1) is 6.11. The van der Waals surface area contributed by atoms with Crippen molar-refractivity contribution in [2.24, 2.45) is 14.1 Å². The number of nitrogens with zero attached hydrogens (tertiary/aromatic N) is 3. The number of anilines is 1. The van der Waals surface area contributed by atoms with Crippen LogP contribution in [-0.2, 0) is 14.1 Å². The van der Waals surface area contributed by atoms with Crippen molar-refractivity contribution >= 4 is 17.0 Å². The van der Waals surface area contributed by atoms with Crippen LogP contribution in [0.15, 0.2) is 17.1 Å². The van der Waals surface area contributed by atoms with Crippen LogP contribution in [0.2, 0.25) is 0 Å². The van der Waals surface area contributed by atoms with Gasteiger partial charge in [0.15, 0.2) is 0 Å². The van der Waals surface area contributed by atoms with E-state index in [-0.39, 0.29) is 11.5 Å². The molecule has 2 N–H and O–H groups in total. The summed E-state index contributed by atoms with van der Waals surface area (Å²) in [6, 6.07) is 1.74. The molecule has 2 aromatic heterocycles. The highest BCUT2D eigenvalue weighted by Crippen LogP contribution is 2.08. The number of rotatable bonds is 0. The monoisotopic (exact) mass is 178 g/mol. The molecule has 0 aliphatic heterocycles. The summed E-state index contributed by atoms with van der Waals surface area (Å²) in [5, 5.41) is 0.596. The molecule has 0 amide bonds. The van der Waals surface area contributed by atoms with Crippen LogP contribution in [-0.4, -0.2) is 14.1 Å². The van der Waals surface area contributed by atoms with Gasteiger partial charge in [0.05, 0.1) is 5.39 Å². The molecular formula is C8H10N4O. The Morgan fingerprint density at radius 1 is 1.46 bits per heavy atom. The SMILES string of the molecule is Cn1c(N)nc2c(ccn2C)c1=O. The van der Waals surface area contributed by atoms with Gasteiger partial charge >= 0.3 is 0 Å². The van der Waals surface area contributed by atoms with Crippen molar-refractivity contribution in [1.29, 1.82) is 0 Å². The van der Waals surface area contributed by atoms with Crippen LogP contribution in [0, 0.1) is 0 Å². The summed E-state index contributed by atoms with van der Waals surface area (Å²) in [6.45, 7) is 0. The highest BCUT2D eigenvalue weighted by Gasteiger charge is 2.07. The Labute approximate surface area is 74.4 Å². The normalized spacial score (nSPS) is 10.9. The van der Waals surface area contributed by atoms with Crippen LogP contribution in [0.4, 0.5) is 5.95 Å². The van der Waals surface area contributed by atoms with Crippen LogP contribution < -0.4 is 11.3 Å². The summed E-state index contributed by atoms with van der Waals surface area (Å²) in [6.07, 6.45) is 1.79. The molecule has 0 fully saturated rings. The Hall–Kier alpha value is -1.78. The molecule has 2 heterocycles. The third-order valence-electron chi connectivity index (χ3n) is 2.14. The van der Waals surface area contributed by atoms with Gasteiger partial charge in [-0.2, -0.15) is 4.98 Å². The first-order valence-electron chi connectivity index (χ1n) is 3.89. The molecule has 0 atom stereocenters. The zero-order valence-corrected chi connectivity index (χ0v) is 7.48. The number of hydrogen-bond acceptors (Lipinski definition) is 3. The van der Waals surface area contributed by atoms with Gasteiger partial charge in [-0.3, -0.25) is 9.36 Å². The minimum Gasteiger partial charge on any atom is -0.369 e. The van der Waals surface area contributed by atoms with Gasteiger partial charge in [0.25, 0.3) is 5.56 Å². The van der Waals surface area contributed by atoms with Gasteiger partial charge in [-0.1, -0.05) is 0 Å². The minimum atomic E-state index is -0.108. The molecule has 5 heteroatoms. The summed E-state index contributed by atoms with van der Waals surface area (Å²) >= 11 is 0. The Kier molecular flexibility index (Phi) is 1.42. The van der Waals surface area contributed by atoms with E-state index in [1.807, 2.05) is 7.05 Å². The molecule has 0 aromatic carbocycles. The third kappa shape index (κ3) is 0.932. The summed E-state index contributed by atoms with van der Waals surface area (Å²) in [5.41, 5.74) is 6.07. The lowest BCUT2D eigenvalue weighted by Crippen LogP contribution is -2.21. The fraction of sp³-hybridized carbons (Fsp3) is 0.250. The topological polar surface area (TPSA) is 65.8 Å². The Morgan fingerprint density at radius 3 is 2.85 bits per heavy atom. The quantitative estimate of drug-likeness (QED) is 0.610. The molecule has 0 radical (unpaired) electrons. The molecule has 0 saturated heterocycles. The van der Waals surface area contributed by atoms with Gasteiger partial charge in [-0.25, -0.2) is 0 Å². The predicted octanol–water partition coefficient (Wildman–Crippen LogP) is -0.146. The molecule has 0 unspecified atom stereocenters. The molecule has 0 aliphatic rings. The minimum absolute atomic E-state index is 0.108. The largest absolute Gasteiger partial charge is 0.369 e. The van der Waals surface area contributed by atoms with Crippen LogP contribution in [0.1, 0.15) is 0 Å². The number of aryl methyl sites for hydroxylation is 1. The molecule has 2 rings (SSSR count). The van der Waals surface area contributed by atoms with Gasteiger partial charge in [0, 0.05) is 20.3 Å². The highest BCUT2D eigenvalue weighted by molar-refractivity contribution is 5.75. The number of nitrogen functional groups attached to an aromatic ring is 1. The van der Waals surface area contributed by atoms with E-state index in [1.165, 1.54) is 4.57 Å². The van der Waals surface area contributed by atoms with Gasteiger partial charge in [0.2, 0.25) is 5.95 Å². The molecule has 0 aliphatic carbocycles. The molecular weight excluding hydrogens is 168 g/mol. The van der Waals surface area contributed by atoms with E-state index in [0.29, 0.717) is 11.0 Å². The van der Waals surface area contributed by atoms with Crippen molar-refractivity contribution in [3.05, 3.63) is 22.6 Å². The van der Waals surface area contributed by atoms with Gasteiger partial charge < -0.3 is 10.3 Å². The number of fused-ring (bicyclic) bond motifs is 1. The van der Waals surface area contributed by atoms with Crippen LogP contribution >= 0.6 is 0 Å². The average molecular weight is 178 g/mol. The second-order valence-corrected chi connectivity index (χ2v) is 3.00. The molecule has 0 saturated carbocycles. The van der Waals surface area contributed by atoms with Crippen molar-refractivity contribution in [1.82, 2.24) is 14.1 Å². The zero-order chi connectivity index (χ0) is 9.59. The highest BCUT2D eigenvalue weighted by atomic mass is 16.1. The number of hydrogen-bond donors (Lipinski definition) is 1. The lowest BCUT2D eigenvalue weighted by atomic mass is 10.4. The molecule has 13 heavy (non-hydrogen) atoms. The maximum atomic E-state index is 11.6. The van der Waals surface area contributed by atoms with Gasteiger partial charge in [0.1, 0.15) is 5.65 Å². The van der Waals surface area contributed by atoms with Crippen molar-refractivity contribution < 1.29 is 0 Å². The van der Waals surface area contributed by atoms with E-state index in [2.05, 4.69) is 4.98 Å². The Morgan fingerprint density at radius 2 is 2.15 bits per heavy atom. The third-order valence-corrected chi connectivity index (χ3v) is 2.14. The standard InChI is InChI=1S/C8H10N4O/c1-11-4-3-5-6(11)10-8(9)12(2)7(5)13/h3-4H,1-2H3,(H2,9,10). The maximum absolute atomic E-state index is 11.6. The first kappa shape index (κ1) is 7.85. The Bertz CT molecular complexity index is 523. The second-order valence-electron chi connectivity index (χ2n) is 3.00. The Balaban J connectivity index is 3.05. The molecule has 0 spiro atoms. The lowest BCUT2D eigenvalue weighted by Gasteiger charge is -2.02.